The monoisotopic (exact) mass is 283 g/mol. The van der Waals surface area contributed by atoms with Crippen molar-refractivity contribution in [1.29, 1.82) is 0 Å². The van der Waals surface area contributed by atoms with Crippen LogP contribution in [0.5, 0.6) is 0 Å². The van der Waals surface area contributed by atoms with Crippen LogP contribution in [0.25, 0.3) is 0 Å². The first-order valence-corrected chi connectivity index (χ1v) is 5.49. The smallest absolute Gasteiger partial charge is 0.305 e. The Morgan fingerprint density at radius 2 is 2.17 bits per heavy atom. The van der Waals surface area contributed by atoms with Crippen molar-refractivity contribution in [3.63, 3.8) is 0 Å². The third-order valence-corrected chi connectivity index (χ3v) is 2.30. The molecular formula is C7H14O2S2Y-2. The number of hydrogen-bond donors (Lipinski definition) is 0. The van der Waals surface area contributed by atoms with E-state index in [2.05, 4.69) is 6.26 Å². The van der Waals surface area contributed by atoms with Gasteiger partial charge in [0.1, 0.15) is 6.61 Å². The first kappa shape index (κ1) is 18.9. The summed E-state index contributed by atoms with van der Waals surface area (Å²) < 4.78 is 4.79. The van der Waals surface area contributed by atoms with Gasteiger partial charge >= 0.3 is 5.97 Å². The second-order valence-electron chi connectivity index (χ2n) is 1.51. The van der Waals surface area contributed by atoms with Crippen molar-refractivity contribution >= 4 is 27.6 Å². The van der Waals surface area contributed by atoms with Crippen LogP contribution in [-0.2, 0) is 42.2 Å². The van der Waals surface area contributed by atoms with Gasteiger partial charge in [0.2, 0.25) is 0 Å². The van der Waals surface area contributed by atoms with E-state index in [4.69, 9.17) is 4.74 Å². The third-order valence-electron chi connectivity index (χ3n) is 0.802. The summed E-state index contributed by atoms with van der Waals surface area (Å²) in [6.45, 7) is 2.28. The van der Waals surface area contributed by atoms with Crippen molar-refractivity contribution in [3.05, 3.63) is 13.7 Å². The van der Waals surface area contributed by atoms with Crippen LogP contribution < -0.4 is 0 Å². The maximum atomic E-state index is 10.5. The summed E-state index contributed by atoms with van der Waals surface area (Å²) in [6.07, 6.45) is 4.02. The van der Waals surface area contributed by atoms with Gasteiger partial charge in [-0.05, 0) is 0 Å². The molecule has 0 fully saturated rings. The van der Waals surface area contributed by atoms with Gasteiger partial charge in [-0.15, -0.1) is 10.8 Å². The predicted molar refractivity (Wildman–Crippen MR) is 53.1 cm³/mol. The number of carbonyl (C=O) groups is 1. The van der Waals surface area contributed by atoms with Crippen molar-refractivity contribution in [1.82, 2.24) is 0 Å². The van der Waals surface area contributed by atoms with E-state index >= 15 is 0 Å². The summed E-state index contributed by atoms with van der Waals surface area (Å²) >= 11 is 0. The van der Waals surface area contributed by atoms with E-state index in [0.29, 0.717) is 13.0 Å². The third kappa shape index (κ3) is 13.8. The average molecular weight is 283 g/mol. The first-order valence-electron chi connectivity index (χ1n) is 3.00. The van der Waals surface area contributed by atoms with E-state index in [1.807, 2.05) is 0 Å². The molecule has 0 atom stereocenters. The summed E-state index contributed by atoms with van der Waals surface area (Å²) in [5.74, 6) is 0.689. The van der Waals surface area contributed by atoms with E-state index < -0.39 is 0 Å². The summed E-state index contributed by atoms with van der Waals surface area (Å²) in [5.41, 5.74) is 0. The summed E-state index contributed by atoms with van der Waals surface area (Å²) in [7, 11) is 3.03. The Bertz CT molecular complexity index is 101. The molecule has 5 heteroatoms. The van der Waals surface area contributed by atoms with Crippen LogP contribution in [0, 0.1) is 13.7 Å². The van der Waals surface area contributed by atoms with E-state index in [-0.39, 0.29) is 46.1 Å². The number of carbonyl (C=O) groups excluding carboxylic acids is 1. The molecule has 0 saturated carbocycles. The maximum absolute atomic E-state index is 10.5. The minimum Gasteiger partial charge on any atom is -0.465 e. The molecule has 0 heterocycles. The molecule has 0 aliphatic carbocycles. The molecular weight excluding hydrogens is 269 g/mol. The van der Waals surface area contributed by atoms with Crippen LogP contribution in [0.15, 0.2) is 0 Å². The molecule has 0 aliphatic rings. The number of esters is 1. The molecule has 0 unspecified atom stereocenters. The Balaban J connectivity index is -0.000000405. The van der Waals surface area contributed by atoms with Gasteiger partial charge in [0.25, 0.3) is 0 Å². The van der Waals surface area contributed by atoms with Crippen LogP contribution in [0.3, 0.4) is 0 Å². The molecule has 0 aromatic heterocycles. The number of rotatable bonds is 5. The normalized spacial score (nSPS) is 7.83. The number of hydrogen-bond acceptors (Lipinski definition) is 4. The minimum atomic E-state index is -0.130. The van der Waals surface area contributed by atoms with E-state index in [0.717, 1.165) is 5.75 Å². The van der Waals surface area contributed by atoms with Crippen LogP contribution in [-0.4, -0.2) is 18.3 Å². The molecule has 0 aliphatic heterocycles. The maximum Gasteiger partial charge on any atom is 0.305 e. The van der Waals surface area contributed by atoms with Crippen LogP contribution in [0.1, 0.15) is 13.3 Å². The molecule has 0 N–H and O–H groups in total. The molecule has 2 nitrogen and oxygen atoms in total. The zero-order chi connectivity index (χ0) is 7.82. The van der Waals surface area contributed by atoms with E-state index in [1.165, 1.54) is 10.8 Å². The van der Waals surface area contributed by atoms with E-state index in [9.17, 15) is 4.79 Å². The molecule has 71 valence electrons. The summed E-state index contributed by atoms with van der Waals surface area (Å²) in [4.78, 5) is 10.5. The zero-order valence-corrected chi connectivity index (χ0v) is 12.0. The van der Waals surface area contributed by atoms with Gasteiger partial charge in [-0.1, -0.05) is 6.92 Å². The van der Waals surface area contributed by atoms with Crippen LogP contribution >= 0.6 is 21.6 Å². The topological polar surface area (TPSA) is 26.3 Å². The van der Waals surface area contributed by atoms with Crippen molar-refractivity contribution < 1.29 is 42.2 Å². The molecule has 1 radical (unpaired) electrons. The van der Waals surface area contributed by atoms with Gasteiger partial charge in [-0.25, -0.2) is 0 Å². The molecule has 0 spiro atoms. The second kappa shape index (κ2) is 14.8. The largest absolute Gasteiger partial charge is 0.465 e. The van der Waals surface area contributed by atoms with Crippen molar-refractivity contribution in [2.75, 3.05) is 12.4 Å². The summed E-state index contributed by atoms with van der Waals surface area (Å²) in [6, 6.07) is 0. The molecule has 0 bridgehead atoms. The van der Waals surface area contributed by atoms with Crippen molar-refractivity contribution in [3.8, 4) is 0 Å². The molecule has 0 amide bonds. The van der Waals surface area contributed by atoms with Crippen LogP contribution in [0.2, 0.25) is 0 Å². The van der Waals surface area contributed by atoms with Gasteiger partial charge in [0, 0.05) is 44.9 Å². The molecule has 0 aromatic carbocycles. The van der Waals surface area contributed by atoms with Gasteiger partial charge in [0.05, 0.1) is 0 Å². The minimum absolute atomic E-state index is 0. The Morgan fingerprint density at radius 3 is 2.58 bits per heavy atom. The molecule has 0 aromatic rings. The standard InChI is InChI=1S/C6H11O2S2.CH3.Y/c1-3-6(7)8-4-5-10-9-2;;/h2-5H2,1H3;1H3;/q2*-1;. The summed E-state index contributed by atoms with van der Waals surface area (Å²) in [5, 5.41) is 0. The molecule has 0 rings (SSSR count). The van der Waals surface area contributed by atoms with Gasteiger partial charge in [0.15, 0.2) is 0 Å². The molecule has 12 heavy (non-hydrogen) atoms. The first-order chi connectivity index (χ1) is 4.81. The Hall–Kier alpha value is 1.27. The van der Waals surface area contributed by atoms with Crippen LogP contribution in [0.4, 0.5) is 0 Å². The quantitative estimate of drug-likeness (QED) is 0.335. The SMILES string of the molecule is [CH2-]SSCCOC(=O)CC.[CH3-].[Y]. The van der Waals surface area contributed by atoms with E-state index in [1.54, 1.807) is 17.7 Å². The fraction of sp³-hybridized carbons (Fsp3) is 0.571. The fourth-order valence-corrected chi connectivity index (χ4v) is 1.18. The zero-order valence-electron chi connectivity index (χ0n) is 7.54. The van der Waals surface area contributed by atoms with Gasteiger partial charge in [-0.2, -0.15) is 0 Å². The number of ether oxygens (including phenoxy) is 1. The van der Waals surface area contributed by atoms with Gasteiger partial charge in [-0.3, -0.25) is 21.8 Å². The Kier molecular flexibility index (Phi) is 23.3. The average Bonchev–Trinajstić information content (AvgIpc) is 1.98. The molecule has 0 saturated heterocycles. The predicted octanol–water partition coefficient (Wildman–Crippen LogP) is 2.56. The fourth-order valence-electron chi connectivity index (χ4n) is 0.351. The Labute approximate surface area is 108 Å². The van der Waals surface area contributed by atoms with Gasteiger partial charge < -0.3 is 12.2 Å². The van der Waals surface area contributed by atoms with Crippen molar-refractivity contribution in [2.45, 2.75) is 13.3 Å². The second-order valence-corrected chi connectivity index (χ2v) is 3.81. The van der Waals surface area contributed by atoms with Crippen molar-refractivity contribution in [2.24, 2.45) is 0 Å². The Morgan fingerprint density at radius 1 is 1.58 bits per heavy atom.